The quantitative estimate of drug-likeness (QED) is 0.823. The molecule has 0 aliphatic carbocycles. The van der Waals surface area contributed by atoms with E-state index in [0.717, 1.165) is 55.3 Å². The predicted molar refractivity (Wildman–Crippen MR) is 97.6 cm³/mol. The van der Waals surface area contributed by atoms with Crippen LogP contribution in [-0.4, -0.2) is 71.6 Å². The van der Waals surface area contributed by atoms with Gasteiger partial charge in [0.1, 0.15) is 11.6 Å². The molecule has 1 aliphatic rings. The van der Waals surface area contributed by atoms with Gasteiger partial charge in [0.05, 0.1) is 31.2 Å². The standard InChI is InChI=1S/C18H27N5O2/c1-13(2)19-18(24)12-23-8-6-22(7-9-23)11-17-20-15-5-4-14(25-3)10-16(15)21-17/h4-5,10,13H,6-9,11-12H2,1-3H3,(H,19,24)(H,20,21). The molecule has 25 heavy (non-hydrogen) atoms. The number of aromatic amines is 1. The molecule has 136 valence electrons. The summed E-state index contributed by atoms with van der Waals surface area (Å²) < 4.78 is 5.25. The number of carbonyl (C=O) groups excluding carboxylic acids is 1. The third-order valence-electron chi connectivity index (χ3n) is 4.39. The molecule has 1 amide bonds. The van der Waals surface area contributed by atoms with Crippen molar-refractivity contribution in [3.63, 3.8) is 0 Å². The van der Waals surface area contributed by atoms with Crippen molar-refractivity contribution < 1.29 is 9.53 Å². The lowest BCUT2D eigenvalue weighted by Crippen LogP contribution is -2.49. The van der Waals surface area contributed by atoms with E-state index in [1.807, 2.05) is 32.0 Å². The van der Waals surface area contributed by atoms with E-state index < -0.39 is 0 Å². The van der Waals surface area contributed by atoms with Crippen molar-refractivity contribution in [1.82, 2.24) is 25.1 Å². The van der Waals surface area contributed by atoms with Crippen molar-refractivity contribution in [2.45, 2.75) is 26.4 Å². The van der Waals surface area contributed by atoms with Crippen molar-refractivity contribution in [3.05, 3.63) is 24.0 Å². The van der Waals surface area contributed by atoms with E-state index in [0.29, 0.717) is 6.54 Å². The summed E-state index contributed by atoms with van der Waals surface area (Å²) >= 11 is 0. The van der Waals surface area contributed by atoms with Gasteiger partial charge in [0, 0.05) is 38.3 Å². The minimum atomic E-state index is 0.106. The largest absolute Gasteiger partial charge is 0.497 e. The number of nitrogens with zero attached hydrogens (tertiary/aromatic N) is 3. The summed E-state index contributed by atoms with van der Waals surface area (Å²) in [5.74, 6) is 1.90. The second kappa shape index (κ2) is 7.84. The van der Waals surface area contributed by atoms with Gasteiger partial charge in [-0.05, 0) is 26.0 Å². The first kappa shape index (κ1) is 17.7. The van der Waals surface area contributed by atoms with Gasteiger partial charge in [0.25, 0.3) is 0 Å². The van der Waals surface area contributed by atoms with Crippen molar-refractivity contribution in [2.24, 2.45) is 0 Å². The molecular formula is C18H27N5O2. The molecular weight excluding hydrogens is 318 g/mol. The SMILES string of the molecule is COc1ccc2nc(CN3CCN(CC(=O)NC(C)C)CC3)[nH]c2c1. The van der Waals surface area contributed by atoms with Crippen LogP contribution in [0.4, 0.5) is 0 Å². The molecule has 0 atom stereocenters. The van der Waals surface area contributed by atoms with E-state index >= 15 is 0 Å². The number of amides is 1. The molecule has 1 aliphatic heterocycles. The van der Waals surface area contributed by atoms with E-state index in [1.165, 1.54) is 0 Å². The summed E-state index contributed by atoms with van der Waals surface area (Å²) in [4.78, 5) is 24.5. The average molecular weight is 345 g/mol. The summed E-state index contributed by atoms with van der Waals surface area (Å²) in [5.41, 5.74) is 1.96. The number of aromatic nitrogens is 2. The van der Waals surface area contributed by atoms with Gasteiger partial charge in [0.15, 0.2) is 0 Å². The van der Waals surface area contributed by atoms with Gasteiger partial charge >= 0.3 is 0 Å². The molecule has 3 rings (SSSR count). The lowest BCUT2D eigenvalue weighted by Gasteiger charge is -2.33. The maximum Gasteiger partial charge on any atom is 0.234 e. The minimum Gasteiger partial charge on any atom is -0.497 e. The molecule has 1 saturated heterocycles. The van der Waals surface area contributed by atoms with Gasteiger partial charge in [-0.25, -0.2) is 4.98 Å². The van der Waals surface area contributed by atoms with Crippen LogP contribution in [-0.2, 0) is 11.3 Å². The molecule has 2 heterocycles. The van der Waals surface area contributed by atoms with Crippen LogP contribution in [0.25, 0.3) is 11.0 Å². The number of methoxy groups -OCH3 is 1. The van der Waals surface area contributed by atoms with Crippen LogP contribution in [0.5, 0.6) is 5.75 Å². The Morgan fingerprint density at radius 1 is 1.28 bits per heavy atom. The van der Waals surface area contributed by atoms with Crippen LogP contribution in [0.3, 0.4) is 0 Å². The number of H-pyrrole nitrogens is 1. The zero-order valence-electron chi connectivity index (χ0n) is 15.2. The van der Waals surface area contributed by atoms with Gasteiger partial charge in [-0.3, -0.25) is 14.6 Å². The highest BCUT2D eigenvalue weighted by Gasteiger charge is 2.20. The number of hydrogen-bond donors (Lipinski definition) is 2. The molecule has 0 saturated carbocycles. The van der Waals surface area contributed by atoms with Gasteiger partial charge in [-0.1, -0.05) is 0 Å². The first-order valence-corrected chi connectivity index (χ1v) is 8.80. The van der Waals surface area contributed by atoms with E-state index in [4.69, 9.17) is 4.74 Å². The number of imidazole rings is 1. The summed E-state index contributed by atoms with van der Waals surface area (Å²) in [6.07, 6.45) is 0. The van der Waals surface area contributed by atoms with Crippen LogP contribution in [0.15, 0.2) is 18.2 Å². The summed E-state index contributed by atoms with van der Waals surface area (Å²) in [5, 5.41) is 2.95. The number of ether oxygens (including phenoxy) is 1. The van der Waals surface area contributed by atoms with Crippen molar-refractivity contribution >= 4 is 16.9 Å². The third kappa shape index (κ3) is 4.70. The first-order valence-electron chi connectivity index (χ1n) is 8.80. The fourth-order valence-electron chi connectivity index (χ4n) is 3.13. The molecule has 0 spiro atoms. The van der Waals surface area contributed by atoms with Crippen molar-refractivity contribution in [2.75, 3.05) is 39.8 Å². The number of nitrogens with one attached hydrogen (secondary N) is 2. The Labute approximate surface area is 148 Å². The molecule has 0 bridgehead atoms. The number of benzene rings is 1. The lowest BCUT2D eigenvalue weighted by atomic mass is 10.3. The fraction of sp³-hybridized carbons (Fsp3) is 0.556. The molecule has 1 aromatic carbocycles. The Bertz CT molecular complexity index is 719. The summed E-state index contributed by atoms with van der Waals surface area (Å²) in [6, 6.07) is 6.06. The van der Waals surface area contributed by atoms with Crippen LogP contribution in [0, 0.1) is 0 Å². The topological polar surface area (TPSA) is 73.5 Å². The number of carbonyl (C=O) groups is 1. The maximum absolute atomic E-state index is 11.9. The Morgan fingerprint density at radius 2 is 2.00 bits per heavy atom. The van der Waals surface area contributed by atoms with Crippen molar-refractivity contribution in [3.8, 4) is 5.75 Å². The predicted octanol–water partition coefficient (Wildman–Crippen LogP) is 1.21. The van der Waals surface area contributed by atoms with Crippen LogP contribution in [0.1, 0.15) is 19.7 Å². The van der Waals surface area contributed by atoms with Crippen molar-refractivity contribution in [1.29, 1.82) is 0 Å². The fourth-order valence-corrected chi connectivity index (χ4v) is 3.13. The minimum absolute atomic E-state index is 0.106. The average Bonchev–Trinajstić information content (AvgIpc) is 2.97. The number of rotatable bonds is 6. The number of piperazine rings is 1. The smallest absolute Gasteiger partial charge is 0.234 e. The molecule has 1 aromatic heterocycles. The molecule has 7 heteroatoms. The first-order chi connectivity index (χ1) is 12.0. The molecule has 0 unspecified atom stereocenters. The number of hydrogen-bond acceptors (Lipinski definition) is 5. The Hall–Kier alpha value is -2.12. The zero-order chi connectivity index (χ0) is 17.8. The van der Waals surface area contributed by atoms with E-state index in [9.17, 15) is 4.79 Å². The van der Waals surface area contributed by atoms with Crippen LogP contribution < -0.4 is 10.1 Å². The Balaban J connectivity index is 1.51. The normalized spacial score (nSPS) is 16.5. The molecule has 7 nitrogen and oxygen atoms in total. The van der Waals surface area contributed by atoms with E-state index in [2.05, 4.69) is 25.1 Å². The van der Waals surface area contributed by atoms with Gasteiger partial charge in [-0.2, -0.15) is 0 Å². The second-order valence-electron chi connectivity index (χ2n) is 6.84. The maximum atomic E-state index is 11.9. The molecule has 0 radical (unpaired) electrons. The summed E-state index contributed by atoms with van der Waals surface area (Å²) in [6.45, 7) is 8.93. The second-order valence-corrected chi connectivity index (χ2v) is 6.84. The number of fused-ring (bicyclic) bond motifs is 1. The lowest BCUT2D eigenvalue weighted by molar-refractivity contribution is -0.123. The Kier molecular flexibility index (Phi) is 5.55. The van der Waals surface area contributed by atoms with E-state index in [1.54, 1.807) is 7.11 Å². The zero-order valence-corrected chi connectivity index (χ0v) is 15.2. The monoisotopic (exact) mass is 345 g/mol. The third-order valence-corrected chi connectivity index (χ3v) is 4.39. The van der Waals surface area contributed by atoms with Crippen LogP contribution in [0.2, 0.25) is 0 Å². The van der Waals surface area contributed by atoms with Crippen LogP contribution >= 0.6 is 0 Å². The highest BCUT2D eigenvalue weighted by atomic mass is 16.5. The van der Waals surface area contributed by atoms with Gasteiger partial charge < -0.3 is 15.0 Å². The van der Waals surface area contributed by atoms with Gasteiger partial charge in [-0.15, -0.1) is 0 Å². The Morgan fingerprint density at radius 3 is 2.68 bits per heavy atom. The van der Waals surface area contributed by atoms with Gasteiger partial charge in [0.2, 0.25) is 5.91 Å². The molecule has 2 aromatic rings. The molecule has 2 N–H and O–H groups in total. The highest BCUT2D eigenvalue weighted by Crippen LogP contribution is 2.19. The van der Waals surface area contributed by atoms with E-state index in [-0.39, 0.29) is 11.9 Å². The summed E-state index contributed by atoms with van der Waals surface area (Å²) in [7, 11) is 1.67. The molecule has 1 fully saturated rings. The highest BCUT2D eigenvalue weighted by molar-refractivity contribution is 5.78.